The molecule has 39 heavy (non-hydrogen) atoms. The van der Waals surface area contributed by atoms with Crippen LogP contribution in [-0.4, -0.2) is 21.8 Å². The number of carbonyl (C=O) groups excluding carboxylic acids is 2. The first kappa shape index (κ1) is 26.5. The molecular weight excluding hydrogens is 508 g/mol. The molecule has 4 rings (SSSR count). The van der Waals surface area contributed by atoms with Crippen LogP contribution in [0.2, 0.25) is 0 Å². The second kappa shape index (κ2) is 12.1. The van der Waals surface area contributed by atoms with Gasteiger partial charge < -0.3 is 14.2 Å². The van der Waals surface area contributed by atoms with Gasteiger partial charge >= 0.3 is 11.9 Å². The molecule has 11 nitrogen and oxygen atoms in total. The third kappa shape index (κ3) is 7.23. The number of nitro groups is 2. The van der Waals surface area contributed by atoms with E-state index in [9.17, 15) is 29.8 Å². The van der Waals surface area contributed by atoms with Gasteiger partial charge in [-0.2, -0.15) is 0 Å². The van der Waals surface area contributed by atoms with Crippen molar-refractivity contribution in [1.29, 1.82) is 0 Å². The quantitative estimate of drug-likeness (QED) is 0.137. The molecule has 0 bridgehead atoms. The third-order valence-electron chi connectivity index (χ3n) is 5.45. The minimum absolute atomic E-state index is 0.0300. The van der Waals surface area contributed by atoms with Gasteiger partial charge in [0.05, 0.1) is 21.0 Å². The number of benzene rings is 4. The summed E-state index contributed by atoms with van der Waals surface area (Å²) < 4.78 is 16.3. The molecule has 0 atom stereocenters. The minimum atomic E-state index is -0.559. The first-order valence-corrected chi connectivity index (χ1v) is 11.5. The van der Waals surface area contributed by atoms with Crippen LogP contribution in [0.15, 0.2) is 97.1 Å². The second-order valence-corrected chi connectivity index (χ2v) is 8.15. The highest BCUT2D eigenvalue weighted by atomic mass is 16.6. The molecule has 0 saturated heterocycles. The number of ether oxygens (including phenoxy) is 3. The van der Waals surface area contributed by atoms with E-state index < -0.39 is 21.8 Å². The zero-order chi connectivity index (χ0) is 27.8. The Balaban J connectivity index is 1.26. The smallest absolute Gasteiger partial charge is 0.338 e. The van der Waals surface area contributed by atoms with E-state index in [-0.39, 0.29) is 24.6 Å². The van der Waals surface area contributed by atoms with Gasteiger partial charge in [-0.05, 0) is 83.9 Å². The lowest BCUT2D eigenvalue weighted by Crippen LogP contribution is -2.05. The highest BCUT2D eigenvalue weighted by molar-refractivity contribution is 5.90. The normalized spacial score (nSPS) is 10.4. The van der Waals surface area contributed by atoms with Crippen molar-refractivity contribution in [2.75, 3.05) is 0 Å². The lowest BCUT2D eigenvalue weighted by Gasteiger charge is -2.09. The van der Waals surface area contributed by atoms with E-state index in [1.807, 2.05) is 0 Å². The van der Waals surface area contributed by atoms with Crippen LogP contribution in [0.25, 0.3) is 0 Å². The predicted octanol–water partition coefficient (Wildman–Crippen LogP) is 6.01. The first-order chi connectivity index (χ1) is 18.8. The Labute approximate surface area is 221 Å². The Hall–Kier alpha value is -5.58. The average molecular weight is 528 g/mol. The summed E-state index contributed by atoms with van der Waals surface area (Å²) in [5.41, 5.74) is 1.75. The van der Waals surface area contributed by atoms with Crippen molar-refractivity contribution in [2.45, 2.75) is 13.2 Å². The Morgan fingerprint density at radius 2 is 0.872 bits per heavy atom. The molecule has 11 heteroatoms. The molecule has 0 amide bonds. The summed E-state index contributed by atoms with van der Waals surface area (Å²) in [6.45, 7) is -0.0600. The molecule has 196 valence electrons. The summed E-state index contributed by atoms with van der Waals surface area (Å²) in [4.78, 5) is 45.0. The molecule has 0 heterocycles. The number of nitro benzene ring substituents is 2. The number of nitrogens with zero attached hydrogens (tertiary/aromatic N) is 2. The number of hydrogen-bond donors (Lipinski definition) is 0. The molecule has 0 saturated carbocycles. The van der Waals surface area contributed by atoms with Crippen molar-refractivity contribution in [3.63, 3.8) is 0 Å². The van der Waals surface area contributed by atoms with Crippen molar-refractivity contribution in [2.24, 2.45) is 0 Å². The van der Waals surface area contributed by atoms with Gasteiger partial charge in [0, 0.05) is 24.3 Å². The van der Waals surface area contributed by atoms with E-state index >= 15 is 0 Å². The van der Waals surface area contributed by atoms with E-state index in [0.717, 1.165) is 0 Å². The van der Waals surface area contributed by atoms with Crippen molar-refractivity contribution in [1.82, 2.24) is 0 Å². The topological polar surface area (TPSA) is 148 Å². The number of rotatable bonds is 10. The molecule has 0 spiro atoms. The summed E-state index contributed by atoms with van der Waals surface area (Å²) in [6.07, 6.45) is 0. The number of carbonyl (C=O) groups is 2. The van der Waals surface area contributed by atoms with Crippen LogP contribution in [0.4, 0.5) is 11.4 Å². The Morgan fingerprint density at radius 1 is 0.538 bits per heavy atom. The van der Waals surface area contributed by atoms with Crippen LogP contribution in [0.3, 0.4) is 0 Å². The summed E-state index contributed by atoms with van der Waals surface area (Å²) in [5, 5.41) is 21.4. The largest absolute Gasteiger partial charge is 0.457 e. The second-order valence-electron chi connectivity index (χ2n) is 8.15. The van der Waals surface area contributed by atoms with Crippen LogP contribution in [-0.2, 0) is 22.7 Å². The molecule has 0 aliphatic heterocycles. The van der Waals surface area contributed by atoms with Gasteiger partial charge in [-0.15, -0.1) is 0 Å². The van der Waals surface area contributed by atoms with E-state index in [1.165, 1.54) is 72.8 Å². The van der Waals surface area contributed by atoms with Gasteiger partial charge in [0.1, 0.15) is 24.7 Å². The van der Waals surface area contributed by atoms with E-state index in [0.29, 0.717) is 33.8 Å². The molecule has 0 radical (unpaired) electrons. The van der Waals surface area contributed by atoms with Crippen LogP contribution < -0.4 is 4.74 Å². The van der Waals surface area contributed by atoms with Crippen molar-refractivity contribution >= 4 is 23.3 Å². The Morgan fingerprint density at radius 3 is 1.18 bits per heavy atom. The SMILES string of the molecule is O=C(OCc1ccc([N+](=O)[O-])cc1)c1ccc(Oc2ccc(C(=O)OCc3ccc([N+](=O)[O-])cc3)cc2)cc1. The molecule has 0 aliphatic rings. The lowest BCUT2D eigenvalue weighted by molar-refractivity contribution is -0.385. The number of non-ortho nitro benzene ring substituents is 2. The van der Waals surface area contributed by atoms with Crippen LogP contribution in [0.1, 0.15) is 31.8 Å². The fourth-order valence-electron chi connectivity index (χ4n) is 3.35. The third-order valence-corrected chi connectivity index (χ3v) is 5.45. The predicted molar refractivity (Wildman–Crippen MR) is 137 cm³/mol. The maximum atomic E-state index is 12.3. The number of esters is 2. The van der Waals surface area contributed by atoms with Crippen molar-refractivity contribution in [3.05, 3.63) is 140 Å². The van der Waals surface area contributed by atoms with E-state index in [4.69, 9.17) is 14.2 Å². The van der Waals surface area contributed by atoms with Crippen LogP contribution in [0, 0.1) is 20.2 Å². The summed E-state index contributed by atoms with van der Waals surface area (Å²) >= 11 is 0. The fourth-order valence-corrected chi connectivity index (χ4v) is 3.35. The molecule has 0 unspecified atom stereocenters. The molecule has 0 aromatic heterocycles. The molecule has 4 aromatic carbocycles. The summed E-state index contributed by atoms with van der Waals surface area (Å²) in [6, 6.07) is 24.0. The molecular formula is C28H20N2O9. The Bertz CT molecular complexity index is 1370. The van der Waals surface area contributed by atoms with Crippen LogP contribution >= 0.6 is 0 Å². The Kier molecular flexibility index (Phi) is 8.22. The van der Waals surface area contributed by atoms with Gasteiger partial charge in [0.2, 0.25) is 0 Å². The monoisotopic (exact) mass is 528 g/mol. The molecule has 0 N–H and O–H groups in total. The maximum absolute atomic E-state index is 12.3. The lowest BCUT2D eigenvalue weighted by atomic mass is 10.2. The van der Waals surface area contributed by atoms with Gasteiger partial charge in [-0.25, -0.2) is 9.59 Å². The summed E-state index contributed by atoms with van der Waals surface area (Å²) in [5.74, 6) is -0.209. The fraction of sp³-hybridized carbons (Fsp3) is 0.0714. The zero-order valence-electron chi connectivity index (χ0n) is 20.2. The maximum Gasteiger partial charge on any atom is 0.338 e. The molecule has 4 aromatic rings. The molecule has 0 fully saturated rings. The highest BCUT2D eigenvalue weighted by Gasteiger charge is 2.11. The van der Waals surface area contributed by atoms with E-state index in [2.05, 4.69) is 0 Å². The van der Waals surface area contributed by atoms with Gasteiger partial charge in [0.25, 0.3) is 11.4 Å². The number of hydrogen-bond acceptors (Lipinski definition) is 9. The van der Waals surface area contributed by atoms with E-state index in [1.54, 1.807) is 24.3 Å². The minimum Gasteiger partial charge on any atom is -0.457 e. The highest BCUT2D eigenvalue weighted by Crippen LogP contribution is 2.23. The molecule has 0 aliphatic carbocycles. The zero-order valence-corrected chi connectivity index (χ0v) is 20.2. The van der Waals surface area contributed by atoms with Gasteiger partial charge in [0.15, 0.2) is 0 Å². The van der Waals surface area contributed by atoms with Crippen molar-refractivity contribution < 1.29 is 33.6 Å². The summed E-state index contributed by atoms with van der Waals surface area (Å²) in [7, 11) is 0. The first-order valence-electron chi connectivity index (χ1n) is 11.5. The van der Waals surface area contributed by atoms with Crippen LogP contribution in [0.5, 0.6) is 11.5 Å². The standard InChI is InChI=1S/C28H20N2O9/c31-27(37-17-19-1-9-23(10-2-19)29(33)34)21-5-13-25(14-6-21)39-26-15-7-22(8-16-26)28(32)38-18-20-3-11-24(12-4-20)30(35)36/h1-16H,17-18H2. The van der Waals surface area contributed by atoms with Gasteiger partial charge in [-0.1, -0.05) is 0 Å². The van der Waals surface area contributed by atoms with Gasteiger partial charge in [-0.3, -0.25) is 20.2 Å². The average Bonchev–Trinajstić information content (AvgIpc) is 2.96. The van der Waals surface area contributed by atoms with Crippen molar-refractivity contribution in [3.8, 4) is 11.5 Å².